The van der Waals surface area contributed by atoms with E-state index in [0.717, 1.165) is 141 Å². The molecular formula is C81H164N8O4S. The summed E-state index contributed by atoms with van der Waals surface area (Å²) in [6.45, 7) is 81.6. The van der Waals surface area contributed by atoms with Gasteiger partial charge in [0.25, 0.3) is 0 Å². The smallest absolute Gasteiger partial charge is 0.237 e. The summed E-state index contributed by atoms with van der Waals surface area (Å²) in [5.41, 5.74) is 0.777. The highest BCUT2D eigenvalue weighted by Crippen LogP contribution is 2.56. The Morgan fingerprint density at radius 3 is 1.34 bits per heavy atom. The van der Waals surface area contributed by atoms with Crippen molar-refractivity contribution in [2.45, 2.75) is 387 Å². The van der Waals surface area contributed by atoms with Crippen LogP contribution in [-0.4, -0.2) is 221 Å². The van der Waals surface area contributed by atoms with Crippen LogP contribution in [0.25, 0.3) is 4.85 Å². The molecule has 2 spiro atoms. The summed E-state index contributed by atoms with van der Waals surface area (Å²) >= 11 is 2.11. The molecule has 3 unspecified atom stereocenters. The van der Waals surface area contributed by atoms with Crippen LogP contribution in [0, 0.1) is 59.3 Å². The average Bonchev–Trinajstić information content (AvgIpc) is 1.61. The fraction of sp³-hybridized carbons (Fsp3) is 0.988. The molecule has 11 atom stereocenters. The molecule has 0 aromatic rings. The van der Waals surface area contributed by atoms with Crippen molar-refractivity contribution in [1.29, 1.82) is 0 Å². The molecule has 0 aromatic carbocycles. The van der Waals surface area contributed by atoms with Crippen molar-refractivity contribution >= 4 is 11.8 Å². The molecule has 10 aliphatic rings. The fourth-order valence-electron chi connectivity index (χ4n) is 17.9. The molecule has 2 saturated carbocycles. The predicted octanol–water partition coefficient (Wildman–Crippen LogP) is 18.5. The topological polar surface area (TPSA) is 64.0 Å². The van der Waals surface area contributed by atoms with Crippen LogP contribution in [0.5, 0.6) is 0 Å². The molecule has 0 amide bonds. The molecule has 558 valence electrons. The number of piperidine rings is 1. The summed E-state index contributed by atoms with van der Waals surface area (Å²) in [6, 6.07) is 10.4. The molecule has 2 bridgehead atoms. The highest BCUT2D eigenvalue weighted by molar-refractivity contribution is 8.00. The van der Waals surface area contributed by atoms with Crippen LogP contribution in [0.2, 0.25) is 0 Å². The molecule has 10 rings (SSSR count). The van der Waals surface area contributed by atoms with Gasteiger partial charge in [0.2, 0.25) is 6.04 Å². The SMILES string of the molecule is C.C.CC(C)[C@@H]1C2CCC(C2)N1C(C)C.CC(C)[C@@H]1CC2(CC2)CN1C(C)C.CC(C)[C@@H]1CC2(CN1C(C)C)OCCO2.CC(C)[C@@H]1CCCN1C(C)C.CC(C)[C@@H]1SCCN1C(C)C.COCCO[C@H]1C[C@@H](C(C)C)N(C(C)C)C1.[C-]#[N+]C1C[C@@H](C(C)C)N(C(C)C)C1. The van der Waals surface area contributed by atoms with E-state index in [-0.39, 0.29) is 26.7 Å². The van der Waals surface area contributed by atoms with Crippen LogP contribution in [0.3, 0.4) is 0 Å². The predicted molar refractivity (Wildman–Crippen MR) is 411 cm³/mol. The lowest BCUT2D eigenvalue weighted by atomic mass is 9.89. The molecule has 8 saturated heterocycles. The van der Waals surface area contributed by atoms with Gasteiger partial charge in [-0.1, -0.05) is 112 Å². The molecule has 0 N–H and O–H groups in total. The quantitative estimate of drug-likeness (QED) is 0.0970. The van der Waals surface area contributed by atoms with Crippen LogP contribution >= 0.6 is 11.8 Å². The summed E-state index contributed by atoms with van der Waals surface area (Å²) in [5.74, 6) is 7.42. The van der Waals surface area contributed by atoms with Gasteiger partial charge in [-0.3, -0.25) is 34.3 Å². The zero-order valence-corrected chi connectivity index (χ0v) is 66.9. The first-order valence-electron chi connectivity index (χ1n) is 38.7. The summed E-state index contributed by atoms with van der Waals surface area (Å²) in [5, 5.41) is 0.773. The summed E-state index contributed by atoms with van der Waals surface area (Å²) in [6.07, 6.45) is 15.4. The Bertz CT molecular complexity index is 1890. The van der Waals surface area contributed by atoms with Crippen molar-refractivity contribution in [3.8, 4) is 0 Å². The van der Waals surface area contributed by atoms with E-state index >= 15 is 0 Å². The van der Waals surface area contributed by atoms with Crippen molar-refractivity contribution < 1.29 is 18.9 Å². The number of fused-ring (bicyclic) bond motifs is 2. The van der Waals surface area contributed by atoms with E-state index in [2.05, 4.69) is 245 Å². The van der Waals surface area contributed by atoms with Gasteiger partial charge in [-0.15, -0.1) is 11.8 Å². The third kappa shape index (κ3) is 26.0. The first-order valence-corrected chi connectivity index (χ1v) is 39.8. The Hall–Kier alpha value is -0.600. The highest BCUT2D eigenvalue weighted by atomic mass is 32.2. The van der Waals surface area contributed by atoms with Crippen LogP contribution in [0.15, 0.2) is 0 Å². The van der Waals surface area contributed by atoms with Gasteiger partial charge in [0.05, 0.1) is 51.0 Å². The van der Waals surface area contributed by atoms with E-state index in [1.54, 1.807) is 7.11 Å². The number of hydrogen-bond acceptors (Lipinski definition) is 12. The van der Waals surface area contributed by atoms with E-state index in [9.17, 15) is 0 Å². The van der Waals surface area contributed by atoms with Crippen LogP contribution in [0.4, 0.5) is 0 Å². The maximum Gasteiger partial charge on any atom is 0.237 e. The molecule has 0 aromatic heterocycles. The molecule has 94 heavy (non-hydrogen) atoms. The molecule has 8 aliphatic heterocycles. The van der Waals surface area contributed by atoms with Gasteiger partial charge in [0, 0.05) is 130 Å². The zero-order chi connectivity index (χ0) is 69.3. The molecule has 0 radical (unpaired) electrons. The van der Waals surface area contributed by atoms with E-state index in [1.165, 1.54) is 83.2 Å². The second kappa shape index (κ2) is 42.1. The van der Waals surface area contributed by atoms with Crippen LogP contribution in [-0.2, 0) is 18.9 Å². The molecule has 10 fully saturated rings. The average molecular weight is 1350 g/mol. The second-order valence-electron chi connectivity index (χ2n) is 34.7. The Labute approximate surface area is 591 Å². The monoisotopic (exact) mass is 1350 g/mol. The molecular weight excluding hydrogens is 1180 g/mol. The summed E-state index contributed by atoms with van der Waals surface area (Å²) in [4.78, 5) is 22.0. The lowest BCUT2D eigenvalue weighted by Gasteiger charge is -2.40. The third-order valence-corrected chi connectivity index (χ3v) is 24.5. The Balaban J connectivity index is 0.000000373. The third-order valence-electron chi connectivity index (χ3n) is 22.9. The molecule has 13 heteroatoms. The number of hydrogen-bond donors (Lipinski definition) is 0. The van der Waals surface area contributed by atoms with Crippen molar-refractivity contribution in [2.75, 3.05) is 78.6 Å². The normalized spacial score (nSPS) is 30.1. The standard InChI is InChI=1S/C13H27NO2.C12H23NO2.2C12H23N.C11H20N2.C10H21N.C9H19NS.2CH4/c1-10(2)13-8-12(16-7-6-15-5)9-14(13)11(3)4;1-9(2)11-7-12(14-5-6-15-12)8-13(11)10(3)4;1-9(2)11-7-12(5-6-12)8-13(11)10(3)4;1-8(2)12-10-5-6-11(7-10)13(12)9(3)4;1-8(2)11-6-10(12-5)7-13(11)9(3)4;1-8(2)10-6-5-7-11(10)9(3)4;1-7(2)9-10(8(3)4)5-6-11-9;;/h10-13H,6-9H2,1-5H3;9-11H,5-8H2,1-4H3;9-11H,5-8H2,1-4H3;8-12H,5-7H2,1-4H3;8-11H,6-7H2,1-4H3;8-10H,5-7H2,1-4H3;7-9H,5-6H2,1-4H3;2*1H4/t12-,13-;2*11-;10?,11?,12-;10?,11-;10-;9-;;/m0001000../s1. The van der Waals surface area contributed by atoms with Gasteiger partial charge in [0.1, 0.15) is 0 Å². The Morgan fingerprint density at radius 1 is 0.479 bits per heavy atom. The Morgan fingerprint density at radius 2 is 0.968 bits per heavy atom. The Kier molecular flexibility index (Phi) is 40.1. The van der Waals surface area contributed by atoms with Gasteiger partial charge < -0.3 is 23.8 Å². The minimum Gasteiger partial charge on any atom is -0.382 e. The van der Waals surface area contributed by atoms with Crippen molar-refractivity contribution in [2.24, 2.45) is 52.8 Å². The number of nitrogens with zero attached hydrogens (tertiary/aromatic N) is 8. The van der Waals surface area contributed by atoms with Crippen LogP contribution in [0.1, 0.15) is 279 Å². The van der Waals surface area contributed by atoms with Gasteiger partial charge >= 0.3 is 0 Å². The van der Waals surface area contributed by atoms with E-state index in [1.807, 2.05) is 0 Å². The fourth-order valence-corrected chi connectivity index (χ4v) is 19.4. The summed E-state index contributed by atoms with van der Waals surface area (Å²) in [7, 11) is 1.72. The first kappa shape index (κ1) is 89.5. The van der Waals surface area contributed by atoms with E-state index in [4.69, 9.17) is 25.5 Å². The van der Waals surface area contributed by atoms with Crippen molar-refractivity contribution in [3.05, 3.63) is 11.4 Å². The lowest BCUT2D eigenvalue weighted by molar-refractivity contribution is -0.146. The number of rotatable bonds is 18. The number of ether oxygens (including phenoxy) is 4. The highest BCUT2D eigenvalue weighted by Gasteiger charge is 2.53. The van der Waals surface area contributed by atoms with E-state index < -0.39 is 0 Å². The zero-order valence-electron chi connectivity index (χ0n) is 66.1. The minimum absolute atomic E-state index is 0. The lowest BCUT2D eigenvalue weighted by Crippen LogP contribution is -2.47. The largest absolute Gasteiger partial charge is 0.382 e. The number of methoxy groups -OCH3 is 1. The first-order chi connectivity index (χ1) is 43.1. The van der Waals surface area contributed by atoms with E-state index in [0.29, 0.717) is 66.7 Å². The molecule has 2 aliphatic carbocycles. The number of likely N-dealkylation sites (tertiary alicyclic amines) is 6. The molecule has 8 heterocycles. The van der Waals surface area contributed by atoms with Gasteiger partial charge in [0.15, 0.2) is 5.79 Å². The molecule has 12 nitrogen and oxygen atoms in total. The van der Waals surface area contributed by atoms with Gasteiger partial charge in [-0.05, 0) is 214 Å². The minimum atomic E-state index is -0.279. The van der Waals surface area contributed by atoms with Crippen molar-refractivity contribution in [3.63, 3.8) is 0 Å². The van der Waals surface area contributed by atoms with Gasteiger partial charge in [-0.2, -0.15) is 0 Å². The maximum atomic E-state index is 7.06. The second-order valence-corrected chi connectivity index (χ2v) is 36.0. The summed E-state index contributed by atoms with van der Waals surface area (Å²) < 4.78 is 22.4. The van der Waals surface area contributed by atoms with Gasteiger partial charge in [-0.25, -0.2) is 6.57 Å². The van der Waals surface area contributed by atoms with Crippen molar-refractivity contribution in [1.82, 2.24) is 34.3 Å². The maximum absolute atomic E-state index is 7.06. The number of thioether (sulfide) groups is 1. The van der Waals surface area contributed by atoms with Crippen LogP contribution < -0.4 is 0 Å².